The predicted molar refractivity (Wildman–Crippen MR) is 64.5 cm³/mol. The van der Waals surface area contributed by atoms with E-state index in [9.17, 15) is 5.11 Å². The van der Waals surface area contributed by atoms with Crippen molar-refractivity contribution in [2.75, 3.05) is 34.5 Å². The highest BCUT2D eigenvalue weighted by Gasteiger charge is 2.39. The van der Waals surface area contributed by atoms with Crippen LogP contribution in [0.5, 0.6) is 0 Å². The van der Waals surface area contributed by atoms with Crippen molar-refractivity contribution < 1.29 is 29.2 Å². The number of aliphatic hydroxyl groups is 2. The third-order valence-electron chi connectivity index (χ3n) is 3.25. The van der Waals surface area contributed by atoms with Crippen molar-refractivity contribution in [3.8, 4) is 0 Å². The molecule has 5 atom stereocenters. The molecule has 0 bridgehead atoms. The van der Waals surface area contributed by atoms with Crippen molar-refractivity contribution in [3.63, 3.8) is 0 Å². The zero-order valence-electron chi connectivity index (χ0n) is 11.2. The Morgan fingerprint density at radius 1 is 1.28 bits per heavy atom. The molecule has 1 aliphatic rings. The Morgan fingerprint density at radius 2 is 2.00 bits per heavy atom. The fourth-order valence-corrected chi connectivity index (χ4v) is 2.37. The number of rotatable bonds is 7. The normalized spacial score (nSPS) is 34.5. The number of hydrogen-bond donors (Lipinski definition) is 2. The molecule has 0 aliphatic carbocycles. The molecule has 0 saturated carbocycles. The molecule has 1 saturated heterocycles. The molecule has 1 rings (SSSR count). The van der Waals surface area contributed by atoms with Gasteiger partial charge in [0.05, 0.1) is 31.5 Å². The second-order valence-electron chi connectivity index (χ2n) is 4.53. The second kappa shape index (κ2) is 8.04. The molecule has 108 valence electrons. The van der Waals surface area contributed by atoms with E-state index in [4.69, 9.17) is 24.1 Å². The highest BCUT2D eigenvalue weighted by molar-refractivity contribution is 4.88. The lowest BCUT2D eigenvalue weighted by Gasteiger charge is -2.40. The summed E-state index contributed by atoms with van der Waals surface area (Å²) in [6, 6.07) is 0. The van der Waals surface area contributed by atoms with Crippen LogP contribution in [0.15, 0.2) is 0 Å². The maximum absolute atomic E-state index is 9.48. The minimum Gasteiger partial charge on any atom is -0.394 e. The van der Waals surface area contributed by atoms with Crippen LogP contribution in [0.1, 0.15) is 12.8 Å². The van der Waals surface area contributed by atoms with Gasteiger partial charge in [-0.15, -0.1) is 0 Å². The molecule has 0 aromatic rings. The minimum absolute atomic E-state index is 0.0974. The van der Waals surface area contributed by atoms with Gasteiger partial charge in [0.15, 0.2) is 0 Å². The molecule has 1 aliphatic heterocycles. The zero-order valence-corrected chi connectivity index (χ0v) is 11.2. The average Bonchev–Trinajstić information content (AvgIpc) is 2.38. The van der Waals surface area contributed by atoms with Crippen LogP contribution < -0.4 is 0 Å². The van der Waals surface area contributed by atoms with Crippen LogP contribution in [0.25, 0.3) is 0 Å². The third kappa shape index (κ3) is 4.15. The molecular weight excluding hydrogens is 240 g/mol. The summed E-state index contributed by atoms with van der Waals surface area (Å²) in [7, 11) is 4.85. The Bertz CT molecular complexity index is 225. The fraction of sp³-hybridized carbons (Fsp3) is 1.00. The molecule has 1 fully saturated rings. The second-order valence-corrected chi connectivity index (χ2v) is 4.53. The summed E-state index contributed by atoms with van der Waals surface area (Å²) in [4.78, 5) is 0. The van der Waals surface area contributed by atoms with Gasteiger partial charge >= 0.3 is 0 Å². The van der Waals surface area contributed by atoms with E-state index in [1.54, 1.807) is 21.3 Å². The summed E-state index contributed by atoms with van der Waals surface area (Å²) in [5, 5.41) is 18.3. The quantitative estimate of drug-likeness (QED) is 0.649. The van der Waals surface area contributed by atoms with E-state index >= 15 is 0 Å². The minimum atomic E-state index is -0.769. The molecule has 0 spiro atoms. The van der Waals surface area contributed by atoms with Gasteiger partial charge in [0.1, 0.15) is 12.2 Å². The van der Waals surface area contributed by atoms with Crippen molar-refractivity contribution in [1.82, 2.24) is 0 Å². The monoisotopic (exact) mass is 264 g/mol. The number of methoxy groups -OCH3 is 3. The van der Waals surface area contributed by atoms with Crippen LogP contribution >= 0.6 is 0 Å². The highest BCUT2D eigenvalue weighted by atomic mass is 16.6. The van der Waals surface area contributed by atoms with E-state index in [0.29, 0.717) is 19.4 Å². The fourth-order valence-electron chi connectivity index (χ4n) is 2.37. The summed E-state index contributed by atoms with van der Waals surface area (Å²) >= 11 is 0. The van der Waals surface area contributed by atoms with E-state index in [-0.39, 0.29) is 31.0 Å². The van der Waals surface area contributed by atoms with Gasteiger partial charge in [-0.1, -0.05) is 0 Å². The van der Waals surface area contributed by atoms with E-state index in [1.807, 2.05) is 0 Å². The topological polar surface area (TPSA) is 77.4 Å². The maximum atomic E-state index is 9.48. The lowest BCUT2D eigenvalue weighted by Crippen LogP contribution is -2.52. The maximum Gasteiger partial charge on any atom is 0.112 e. The van der Waals surface area contributed by atoms with Crippen molar-refractivity contribution in [2.24, 2.45) is 0 Å². The third-order valence-corrected chi connectivity index (χ3v) is 3.25. The lowest BCUT2D eigenvalue weighted by molar-refractivity contribution is -0.204. The first kappa shape index (κ1) is 15.8. The van der Waals surface area contributed by atoms with Crippen LogP contribution in [0.4, 0.5) is 0 Å². The molecule has 0 radical (unpaired) electrons. The molecule has 0 amide bonds. The first-order chi connectivity index (χ1) is 8.65. The molecule has 2 N–H and O–H groups in total. The Labute approximate surface area is 108 Å². The van der Waals surface area contributed by atoms with Crippen molar-refractivity contribution in [3.05, 3.63) is 0 Å². The van der Waals surface area contributed by atoms with E-state index in [1.165, 1.54) is 0 Å². The molecule has 6 nitrogen and oxygen atoms in total. The predicted octanol–water partition coefficient (Wildman–Crippen LogP) is -0.436. The van der Waals surface area contributed by atoms with Crippen LogP contribution in [-0.4, -0.2) is 75.3 Å². The van der Waals surface area contributed by atoms with Crippen molar-refractivity contribution in [2.45, 2.75) is 43.4 Å². The molecule has 18 heavy (non-hydrogen) atoms. The van der Waals surface area contributed by atoms with Gasteiger partial charge in [0.25, 0.3) is 0 Å². The summed E-state index contributed by atoms with van der Waals surface area (Å²) in [6.07, 6.45) is -0.426. The van der Waals surface area contributed by atoms with Gasteiger partial charge < -0.3 is 29.2 Å². The Balaban J connectivity index is 2.63. The van der Waals surface area contributed by atoms with Gasteiger partial charge in [-0.25, -0.2) is 0 Å². The zero-order chi connectivity index (χ0) is 13.5. The summed E-state index contributed by atoms with van der Waals surface area (Å²) in [5.74, 6) is 0. The van der Waals surface area contributed by atoms with E-state index in [0.717, 1.165) is 0 Å². The van der Waals surface area contributed by atoms with Crippen LogP contribution in [0.3, 0.4) is 0 Å². The smallest absolute Gasteiger partial charge is 0.112 e. The summed E-state index contributed by atoms with van der Waals surface area (Å²) in [5.41, 5.74) is 0. The van der Waals surface area contributed by atoms with E-state index in [2.05, 4.69) is 0 Å². The van der Waals surface area contributed by atoms with Gasteiger partial charge in [0, 0.05) is 34.2 Å². The van der Waals surface area contributed by atoms with Crippen molar-refractivity contribution >= 4 is 0 Å². The summed E-state index contributed by atoms with van der Waals surface area (Å²) < 4.78 is 21.8. The van der Waals surface area contributed by atoms with E-state index < -0.39 is 6.10 Å². The SMILES string of the molecule is COC[C@H]1O[C@@H](C[C@@H](O)CO)C[C@@H](OC)[C@@H]1OC. The first-order valence-corrected chi connectivity index (χ1v) is 6.15. The molecule has 6 heteroatoms. The highest BCUT2D eigenvalue weighted by Crippen LogP contribution is 2.27. The number of ether oxygens (including phenoxy) is 4. The Morgan fingerprint density at radius 3 is 2.50 bits per heavy atom. The van der Waals surface area contributed by atoms with Gasteiger partial charge in [-0.2, -0.15) is 0 Å². The summed E-state index contributed by atoms with van der Waals surface area (Å²) in [6.45, 7) is 0.143. The molecule has 0 unspecified atom stereocenters. The van der Waals surface area contributed by atoms with Crippen LogP contribution in [-0.2, 0) is 18.9 Å². The Kier molecular flexibility index (Phi) is 7.06. The first-order valence-electron chi connectivity index (χ1n) is 6.15. The average molecular weight is 264 g/mol. The molecule has 1 heterocycles. The number of aliphatic hydroxyl groups excluding tert-OH is 2. The van der Waals surface area contributed by atoms with Gasteiger partial charge in [-0.3, -0.25) is 0 Å². The molecular formula is C12H24O6. The Hall–Kier alpha value is -0.240. The molecule has 0 aromatic carbocycles. The largest absolute Gasteiger partial charge is 0.394 e. The standard InChI is InChI=1S/C12H24O6/c1-15-7-11-12(17-3)10(16-2)5-9(18-11)4-8(14)6-13/h8-14H,4-7H2,1-3H3/t8-,9+,10-,11-,12+/m1/s1. The van der Waals surface area contributed by atoms with Gasteiger partial charge in [0.2, 0.25) is 0 Å². The van der Waals surface area contributed by atoms with Gasteiger partial charge in [-0.05, 0) is 0 Å². The lowest BCUT2D eigenvalue weighted by atomic mass is 9.95. The number of hydrogen-bond acceptors (Lipinski definition) is 6. The van der Waals surface area contributed by atoms with Crippen molar-refractivity contribution in [1.29, 1.82) is 0 Å². The van der Waals surface area contributed by atoms with Crippen LogP contribution in [0.2, 0.25) is 0 Å². The van der Waals surface area contributed by atoms with Crippen LogP contribution in [0, 0.1) is 0 Å². The molecule has 0 aromatic heterocycles.